The predicted molar refractivity (Wildman–Crippen MR) is 112 cm³/mol. The van der Waals surface area contributed by atoms with Gasteiger partial charge in [0.2, 0.25) is 0 Å². The van der Waals surface area contributed by atoms with Crippen molar-refractivity contribution in [2.45, 2.75) is 96.8 Å². The summed E-state index contributed by atoms with van der Waals surface area (Å²) in [6, 6.07) is 3.14. The lowest BCUT2D eigenvalue weighted by atomic mass is 9.65. The maximum atomic E-state index is 13.9. The van der Waals surface area contributed by atoms with Crippen LogP contribution in [0.1, 0.15) is 101 Å². The summed E-state index contributed by atoms with van der Waals surface area (Å²) in [5, 5.41) is 0. The van der Waals surface area contributed by atoms with Gasteiger partial charge in [0.1, 0.15) is 11.6 Å². The average Bonchev–Trinajstić information content (AvgIpc) is 2.72. The summed E-state index contributed by atoms with van der Waals surface area (Å²) in [7, 11) is 0. The van der Waals surface area contributed by atoms with Gasteiger partial charge in [0.15, 0.2) is 0 Å². The van der Waals surface area contributed by atoms with Gasteiger partial charge in [-0.15, -0.1) is 0 Å². The lowest BCUT2D eigenvalue weighted by molar-refractivity contribution is 0.276. The van der Waals surface area contributed by atoms with Crippen LogP contribution in [0.25, 0.3) is 0 Å². The summed E-state index contributed by atoms with van der Waals surface area (Å²) >= 11 is 0. The van der Waals surface area contributed by atoms with Crippen LogP contribution < -0.4 is 0 Å². The highest BCUT2D eigenvalue weighted by Crippen LogP contribution is 2.48. The van der Waals surface area contributed by atoms with Gasteiger partial charge in [-0.3, -0.25) is 0 Å². The highest BCUT2D eigenvalue weighted by Gasteiger charge is 2.35. The van der Waals surface area contributed by atoms with E-state index < -0.39 is 11.6 Å². The van der Waals surface area contributed by atoms with Gasteiger partial charge in [-0.05, 0) is 137 Å². The van der Waals surface area contributed by atoms with E-state index in [1.54, 1.807) is 24.0 Å². The van der Waals surface area contributed by atoms with Crippen molar-refractivity contribution in [2.24, 2.45) is 11.8 Å². The van der Waals surface area contributed by atoms with Gasteiger partial charge in [-0.1, -0.05) is 6.92 Å². The molecule has 0 aromatic heterocycles. The third-order valence-corrected chi connectivity index (χ3v) is 8.02. The van der Waals surface area contributed by atoms with E-state index >= 15 is 0 Å². The molecule has 0 aliphatic heterocycles. The molecule has 4 rings (SSSR count). The van der Waals surface area contributed by atoms with Crippen LogP contribution in [0.4, 0.5) is 8.78 Å². The van der Waals surface area contributed by atoms with Gasteiger partial charge < -0.3 is 0 Å². The number of hydrogen-bond acceptors (Lipinski definition) is 0. The Labute approximate surface area is 170 Å². The van der Waals surface area contributed by atoms with Crippen LogP contribution in [0, 0.1) is 48.1 Å². The Bertz CT molecular complexity index is 619. The minimum absolute atomic E-state index is 0.145. The predicted octanol–water partition coefficient (Wildman–Crippen LogP) is 8.05. The third kappa shape index (κ3) is 4.46. The third-order valence-electron chi connectivity index (χ3n) is 8.02. The molecule has 153 valence electrons. The van der Waals surface area contributed by atoms with Crippen molar-refractivity contribution in [3.8, 4) is 0 Å². The van der Waals surface area contributed by atoms with Crippen molar-refractivity contribution in [1.82, 2.24) is 0 Å². The molecule has 0 unspecified atom stereocenters. The first-order valence-corrected chi connectivity index (χ1v) is 11.5. The Morgan fingerprint density at radius 3 is 1.46 bits per heavy atom. The summed E-state index contributed by atoms with van der Waals surface area (Å²) in [5.74, 6) is 6.54. The molecular formula is C26H35F2. The molecule has 0 saturated heterocycles. The molecule has 1 aromatic rings. The number of halogens is 2. The molecule has 0 bridgehead atoms. The molecule has 0 atom stereocenters. The fourth-order valence-electron chi connectivity index (χ4n) is 5.95. The van der Waals surface area contributed by atoms with Crippen molar-refractivity contribution < 1.29 is 8.78 Å². The largest absolute Gasteiger partial charge is 0.207 e. The van der Waals surface area contributed by atoms with Gasteiger partial charge >= 0.3 is 0 Å². The smallest absolute Gasteiger partial charge is 0.129 e. The molecule has 3 saturated carbocycles. The van der Waals surface area contributed by atoms with E-state index in [9.17, 15) is 8.78 Å². The summed E-state index contributed by atoms with van der Waals surface area (Å²) in [6.45, 7) is 3.84. The van der Waals surface area contributed by atoms with Crippen LogP contribution in [0.3, 0.4) is 0 Å². The van der Waals surface area contributed by atoms with E-state index in [0.29, 0.717) is 5.92 Å². The van der Waals surface area contributed by atoms with Gasteiger partial charge in [0.25, 0.3) is 0 Å². The van der Waals surface area contributed by atoms with Gasteiger partial charge in [-0.25, -0.2) is 8.78 Å². The molecule has 0 nitrogen and oxygen atoms in total. The summed E-state index contributed by atoms with van der Waals surface area (Å²) in [4.78, 5) is 0. The van der Waals surface area contributed by atoms with Gasteiger partial charge in [0.05, 0.1) is 0 Å². The van der Waals surface area contributed by atoms with Crippen LogP contribution in [0.2, 0.25) is 0 Å². The summed E-state index contributed by atoms with van der Waals surface area (Å²) in [6.07, 6.45) is 15.3. The maximum Gasteiger partial charge on any atom is 0.129 e. The normalized spacial score (nSPS) is 25.4. The second-order valence-corrected chi connectivity index (χ2v) is 9.71. The zero-order valence-corrected chi connectivity index (χ0v) is 17.6. The van der Waals surface area contributed by atoms with E-state index in [4.69, 9.17) is 0 Å². The van der Waals surface area contributed by atoms with Crippen molar-refractivity contribution in [3.63, 3.8) is 0 Å². The minimum Gasteiger partial charge on any atom is -0.207 e. The first-order valence-electron chi connectivity index (χ1n) is 11.5. The molecule has 3 radical (unpaired) electrons. The van der Waals surface area contributed by atoms with Crippen molar-refractivity contribution in [3.05, 3.63) is 52.6 Å². The first-order chi connectivity index (χ1) is 13.5. The van der Waals surface area contributed by atoms with Crippen LogP contribution >= 0.6 is 0 Å². The highest BCUT2D eigenvalue weighted by molar-refractivity contribution is 5.28. The minimum atomic E-state index is -0.393. The Morgan fingerprint density at radius 2 is 1.00 bits per heavy atom. The van der Waals surface area contributed by atoms with Crippen molar-refractivity contribution in [2.75, 3.05) is 0 Å². The molecular weight excluding hydrogens is 350 g/mol. The van der Waals surface area contributed by atoms with Crippen molar-refractivity contribution >= 4 is 0 Å². The SMILES string of the molecule is C[C]1CCC([C]2CCC([C]3CCC(c4cc(F)c(C)c(F)c4)CC3)CC2)CC1. The Hall–Kier alpha value is -0.920. The van der Waals surface area contributed by atoms with Crippen molar-refractivity contribution in [1.29, 1.82) is 0 Å². The monoisotopic (exact) mass is 385 g/mol. The molecule has 28 heavy (non-hydrogen) atoms. The zero-order chi connectivity index (χ0) is 19.7. The highest BCUT2D eigenvalue weighted by atomic mass is 19.1. The fraction of sp³-hybridized carbons (Fsp3) is 0.654. The molecule has 3 aliphatic carbocycles. The average molecular weight is 386 g/mol. The Balaban J connectivity index is 1.26. The van der Waals surface area contributed by atoms with E-state index in [-0.39, 0.29) is 5.56 Å². The fourth-order valence-corrected chi connectivity index (χ4v) is 5.95. The van der Waals surface area contributed by atoms with Gasteiger partial charge in [-0.2, -0.15) is 0 Å². The molecule has 3 aliphatic rings. The molecule has 0 amide bonds. The first kappa shape index (κ1) is 20.4. The van der Waals surface area contributed by atoms with Crippen LogP contribution in [0.15, 0.2) is 12.1 Å². The second kappa shape index (κ2) is 8.84. The van der Waals surface area contributed by atoms with Gasteiger partial charge in [0, 0.05) is 5.56 Å². The molecule has 0 heterocycles. The number of benzene rings is 1. The Morgan fingerprint density at radius 1 is 0.607 bits per heavy atom. The van der Waals surface area contributed by atoms with E-state index in [0.717, 1.165) is 43.1 Å². The lowest BCUT2D eigenvalue weighted by Gasteiger charge is -2.40. The maximum absolute atomic E-state index is 13.9. The van der Waals surface area contributed by atoms with Crippen LogP contribution in [-0.2, 0) is 0 Å². The summed E-state index contributed by atoms with van der Waals surface area (Å²) in [5.41, 5.74) is 1.01. The molecule has 0 spiro atoms. The quantitative estimate of drug-likeness (QED) is 0.493. The molecule has 3 fully saturated rings. The Kier molecular flexibility index (Phi) is 6.43. The number of hydrogen-bond donors (Lipinski definition) is 0. The number of rotatable bonds is 3. The second-order valence-electron chi connectivity index (χ2n) is 9.71. The summed E-state index contributed by atoms with van der Waals surface area (Å²) < 4.78 is 27.9. The van der Waals surface area contributed by atoms with E-state index in [1.165, 1.54) is 58.3 Å². The van der Waals surface area contributed by atoms with Crippen LogP contribution in [0.5, 0.6) is 0 Å². The zero-order valence-electron chi connectivity index (χ0n) is 17.6. The molecule has 0 N–H and O–H groups in total. The lowest BCUT2D eigenvalue weighted by Crippen LogP contribution is -2.27. The van der Waals surface area contributed by atoms with E-state index in [2.05, 4.69) is 6.92 Å². The molecule has 1 aromatic carbocycles. The molecule has 2 heteroatoms. The van der Waals surface area contributed by atoms with E-state index in [1.807, 2.05) is 5.92 Å². The standard InChI is InChI=1S/C26H35F2/c1-17-3-5-19(6-4-17)20-7-9-21(10-8-20)22-11-13-23(14-12-22)24-15-25(27)18(2)26(28)16-24/h15-16,19,21,23H,3-14H2,1-2H3. The topological polar surface area (TPSA) is 0 Å². The van der Waals surface area contributed by atoms with Crippen LogP contribution in [-0.4, -0.2) is 0 Å².